The number of hydrogen-bond donors (Lipinski definition) is 1. The lowest BCUT2D eigenvalue weighted by Gasteiger charge is -2.37. The Kier molecular flexibility index (Phi) is 10.4. The zero-order chi connectivity index (χ0) is 38.2. The van der Waals surface area contributed by atoms with Crippen molar-refractivity contribution in [3.05, 3.63) is 147 Å². The summed E-state index contributed by atoms with van der Waals surface area (Å²) in [5, 5.41) is 5.59. The van der Waals surface area contributed by atoms with E-state index in [0.29, 0.717) is 10.4 Å². The minimum atomic E-state index is -4.59. The van der Waals surface area contributed by atoms with Gasteiger partial charge in [0.2, 0.25) is 5.71 Å². The van der Waals surface area contributed by atoms with E-state index in [4.69, 9.17) is 4.74 Å². The van der Waals surface area contributed by atoms with Crippen LogP contribution in [-0.4, -0.2) is 80.7 Å². The first kappa shape index (κ1) is 37.5. The van der Waals surface area contributed by atoms with Gasteiger partial charge in [0.05, 0.1) is 13.2 Å². The second-order valence-corrected chi connectivity index (χ2v) is 20.4. The Morgan fingerprint density at radius 1 is 0.698 bits per heavy atom. The second kappa shape index (κ2) is 14.7. The van der Waals surface area contributed by atoms with Gasteiger partial charge in [0, 0.05) is 56.4 Å². The molecule has 53 heavy (non-hydrogen) atoms. The molecule has 6 rings (SSSR count). The van der Waals surface area contributed by atoms with Crippen molar-refractivity contribution in [3.8, 4) is 0 Å². The van der Waals surface area contributed by atoms with Crippen LogP contribution in [0.2, 0.25) is 13.1 Å². The third-order valence-corrected chi connectivity index (χ3v) is 14.5. The van der Waals surface area contributed by atoms with Gasteiger partial charge in [-0.25, -0.2) is 4.58 Å². The van der Waals surface area contributed by atoms with Gasteiger partial charge < -0.3 is 14.5 Å². The van der Waals surface area contributed by atoms with E-state index in [0.717, 1.165) is 55.6 Å². The van der Waals surface area contributed by atoms with Crippen LogP contribution in [0.3, 0.4) is 0 Å². The van der Waals surface area contributed by atoms with Gasteiger partial charge in [-0.1, -0.05) is 85.9 Å². The molecule has 0 bridgehead atoms. The van der Waals surface area contributed by atoms with E-state index in [-0.39, 0.29) is 4.90 Å². The molecule has 0 saturated carbocycles. The molecule has 0 saturated heterocycles. The van der Waals surface area contributed by atoms with E-state index in [9.17, 15) is 13.0 Å². The Bertz CT molecular complexity index is 2540. The van der Waals surface area contributed by atoms with E-state index in [1.807, 2.05) is 120 Å². The highest BCUT2D eigenvalue weighted by Crippen LogP contribution is 2.31. The third-order valence-electron chi connectivity index (χ3n) is 10.1. The molecule has 1 aliphatic carbocycles. The molecule has 4 aromatic rings. The number of allylic oxidation sites excluding steroid dienone is 4. The topological polar surface area (TPSA) is 73.1 Å². The van der Waals surface area contributed by atoms with E-state index < -0.39 is 18.2 Å². The van der Waals surface area contributed by atoms with Gasteiger partial charge in [-0.2, -0.15) is 8.42 Å². The monoisotopic (exact) mass is 742 g/mol. The maximum Gasteiger partial charge on any atom is 0.295 e. The summed E-state index contributed by atoms with van der Waals surface area (Å²) < 4.78 is 44.6. The number of hydrogen-bond acceptors (Lipinski definition) is 5. The van der Waals surface area contributed by atoms with Crippen LogP contribution in [0.25, 0.3) is 23.8 Å². The minimum Gasteiger partial charge on any atom is -0.496 e. The van der Waals surface area contributed by atoms with Crippen LogP contribution in [0, 0.1) is 0 Å². The van der Waals surface area contributed by atoms with Crippen LogP contribution >= 0.6 is 0 Å². The Morgan fingerprint density at radius 3 is 1.70 bits per heavy atom. The van der Waals surface area contributed by atoms with Gasteiger partial charge in [0.25, 0.3) is 10.1 Å². The van der Waals surface area contributed by atoms with Gasteiger partial charge >= 0.3 is 0 Å². The van der Waals surface area contributed by atoms with E-state index in [1.54, 1.807) is 13.2 Å². The largest absolute Gasteiger partial charge is 0.496 e. The summed E-state index contributed by atoms with van der Waals surface area (Å²) in [7, 11) is 6.97. The molecule has 0 amide bonds. The van der Waals surface area contributed by atoms with Crippen LogP contribution in [-0.2, 0) is 14.9 Å². The summed E-state index contributed by atoms with van der Waals surface area (Å²) in [6.45, 7) is 4.70. The van der Waals surface area contributed by atoms with E-state index >= 15 is 0 Å². The van der Waals surface area contributed by atoms with Gasteiger partial charge in [-0.15, -0.1) is 0 Å². The molecule has 9 heteroatoms. The van der Waals surface area contributed by atoms with Crippen LogP contribution in [0.5, 0.6) is 0 Å². The second-order valence-electron chi connectivity index (χ2n) is 14.6. The molecule has 0 unspecified atom stereocenters. The van der Waals surface area contributed by atoms with E-state index in [1.165, 1.54) is 10.4 Å². The average molecular weight is 743 g/mol. The highest BCUT2D eigenvalue weighted by atomic mass is 32.2. The highest BCUT2D eigenvalue weighted by Gasteiger charge is 2.38. The molecule has 0 aromatic heterocycles. The number of ether oxygens (including phenoxy) is 1. The van der Waals surface area contributed by atoms with Gasteiger partial charge in [0.15, 0.2) is 0 Å². The third kappa shape index (κ3) is 7.64. The lowest BCUT2D eigenvalue weighted by Crippen LogP contribution is -2.58. The van der Waals surface area contributed by atoms with Crippen molar-refractivity contribution in [2.45, 2.75) is 18.0 Å². The zero-order valence-electron chi connectivity index (χ0n) is 32.0. The molecule has 2 aliphatic rings. The lowest BCUT2D eigenvalue weighted by molar-refractivity contribution is -0.462. The predicted octanol–water partition coefficient (Wildman–Crippen LogP) is 3.23. The average Bonchev–Trinajstić information content (AvgIpc) is 3.13. The number of rotatable bonds is 6. The molecular weight excluding hydrogens is 695 g/mol. The molecule has 7 nitrogen and oxygen atoms in total. The molecule has 1 aliphatic heterocycles. The maximum absolute atomic E-state index is 13.1. The van der Waals surface area contributed by atoms with Crippen LogP contribution in [0.4, 0.5) is 11.4 Å². The van der Waals surface area contributed by atoms with Gasteiger partial charge in [-0.05, 0) is 79.1 Å². The molecule has 1 heterocycles. The van der Waals surface area contributed by atoms with Crippen LogP contribution in [0.15, 0.2) is 119 Å². The molecule has 272 valence electrons. The SMILES string of the molecule is COC1=CC(=[N+](C)C)C=C/C1=C\C=c1ccc(=C/C=c2/ccc(=C3c4ccc(N(C)C)cc4[Si](C)(C)c4cc(N(C)C)ccc43)c(S(=O)(=O)O)c2)cc1. The number of fused-ring (bicyclic) bond motifs is 2. The van der Waals surface area contributed by atoms with Crippen molar-refractivity contribution in [2.75, 3.05) is 59.2 Å². The summed E-state index contributed by atoms with van der Waals surface area (Å²) in [4.78, 5) is 4.07. The Labute approximate surface area is 314 Å². The van der Waals surface area contributed by atoms with Crippen molar-refractivity contribution >= 4 is 69.5 Å². The first-order valence-electron chi connectivity index (χ1n) is 17.5. The standard InChI is InChI=1S/C44H47N3O4SSi/c1-45(2)34-20-19-33(40(27-34)51-7)18-16-31-12-10-30(11-13-31)14-15-32-17-23-37(41(26-32)52(48,49)50)44-38-24-21-35(46(3)4)28-42(38)53(8,9)43-29-36(47(5)6)22-25-39(43)44/h10-29H,1-9H3/p+1. The molecule has 0 fully saturated rings. The summed E-state index contributed by atoms with van der Waals surface area (Å²) in [5.74, 6) is 0.806. The number of anilines is 2. The van der Waals surface area contributed by atoms with Crippen molar-refractivity contribution in [1.29, 1.82) is 0 Å². The summed E-state index contributed by atoms with van der Waals surface area (Å²) >= 11 is 0. The maximum atomic E-state index is 13.1. The van der Waals surface area contributed by atoms with Crippen LogP contribution < -0.4 is 41.0 Å². The molecular formula is C44H48N3O4SSi+. The van der Waals surface area contributed by atoms with Gasteiger partial charge in [-0.3, -0.25) is 4.55 Å². The lowest BCUT2D eigenvalue weighted by atomic mass is 9.93. The van der Waals surface area contributed by atoms with E-state index in [2.05, 4.69) is 65.4 Å². The number of methoxy groups -OCH3 is 1. The first-order chi connectivity index (χ1) is 25.1. The van der Waals surface area contributed by atoms with Gasteiger partial charge in [0.1, 0.15) is 32.8 Å². The Hall–Kier alpha value is -5.22. The predicted molar refractivity (Wildman–Crippen MR) is 224 cm³/mol. The Balaban J connectivity index is 1.47. The zero-order valence-corrected chi connectivity index (χ0v) is 33.8. The highest BCUT2D eigenvalue weighted by molar-refractivity contribution is 7.85. The molecule has 0 radical (unpaired) electrons. The number of benzene rings is 4. The fourth-order valence-electron chi connectivity index (χ4n) is 6.95. The summed E-state index contributed by atoms with van der Waals surface area (Å²) in [5.41, 5.74) is 7.06. The normalized spacial score (nSPS) is 15.8. The fourth-order valence-corrected chi connectivity index (χ4v) is 10.8. The van der Waals surface area contributed by atoms with Crippen molar-refractivity contribution in [3.63, 3.8) is 0 Å². The summed E-state index contributed by atoms with van der Waals surface area (Å²) in [6, 6.07) is 26.3. The summed E-state index contributed by atoms with van der Waals surface area (Å²) in [6.07, 6.45) is 14.0. The first-order valence-corrected chi connectivity index (χ1v) is 22.0. The number of nitrogens with zero attached hydrogens (tertiary/aromatic N) is 3. The molecule has 0 spiro atoms. The fraction of sp³-hybridized carbons (Fsp3) is 0.205. The van der Waals surface area contributed by atoms with Crippen LogP contribution in [0.1, 0.15) is 11.1 Å². The Morgan fingerprint density at radius 2 is 1.21 bits per heavy atom. The molecule has 0 atom stereocenters. The van der Waals surface area contributed by atoms with Crippen molar-refractivity contribution in [1.82, 2.24) is 0 Å². The van der Waals surface area contributed by atoms with Crippen molar-refractivity contribution < 1.29 is 22.3 Å². The quantitative estimate of drug-likeness (QED) is 0.186. The minimum absolute atomic E-state index is 0.115. The molecule has 4 aromatic carbocycles. The molecule has 1 N–H and O–H groups in total. The smallest absolute Gasteiger partial charge is 0.295 e. The van der Waals surface area contributed by atoms with Crippen molar-refractivity contribution in [2.24, 2.45) is 0 Å².